The molecule has 0 atom stereocenters. The first-order chi connectivity index (χ1) is 14.8. The number of pyridine rings is 2. The fourth-order valence-electron chi connectivity index (χ4n) is 2.91. The largest absolute Gasteiger partial charge is 0.345 e. The molecule has 3 rings (SSSR count). The highest BCUT2D eigenvalue weighted by atomic mass is 16.2. The normalized spacial score (nSPS) is 10.6. The van der Waals surface area contributed by atoms with E-state index in [1.54, 1.807) is 48.6 Å². The second-order valence-corrected chi connectivity index (χ2v) is 7.58. The molecular formula is C23H26N6O2. The van der Waals surface area contributed by atoms with E-state index in [-0.39, 0.29) is 11.8 Å². The third-order valence-corrected chi connectivity index (χ3v) is 4.39. The zero-order chi connectivity index (χ0) is 22.4. The third kappa shape index (κ3) is 6.10. The number of carbonyl (C=O) groups is 2. The van der Waals surface area contributed by atoms with Crippen LogP contribution in [0.25, 0.3) is 11.1 Å². The number of hydrogen-bond donors (Lipinski definition) is 2. The minimum absolute atomic E-state index is 0.0297. The van der Waals surface area contributed by atoms with Crippen molar-refractivity contribution in [3.05, 3.63) is 66.6 Å². The van der Waals surface area contributed by atoms with Crippen molar-refractivity contribution >= 4 is 29.0 Å². The van der Waals surface area contributed by atoms with Crippen LogP contribution < -0.4 is 10.6 Å². The van der Waals surface area contributed by atoms with Crippen molar-refractivity contribution in [2.75, 3.05) is 45.4 Å². The molecule has 1 aromatic carbocycles. The number of likely N-dealkylation sites (N-methyl/N-ethyl adjacent to an activating group) is 1. The number of aromatic nitrogens is 2. The Morgan fingerprint density at radius 3 is 2.16 bits per heavy atom. The second-order valence-electron chi connectivity index (χ2n) is 7.58. The molecule has 0 radical (unpaired) electrons. The van der Waals surface area contributed by atoms with Crippen LogP contribution in [0.4, 0.5) is 17.2 Å². The zero-order valence-corrected chi connectivity index (χ0v) is 18.1. The SMILES string of the molecule is CN(C)CC(=O)Nc1cncc(Nc2ccc(-c3ccc(C(=O)N(C)C)cc3)cn2)c1. The van der Waals surface area contributed by atoms with Crippen molar-refractivity contribution in [3.8, 4) is 11.1 Å². The van der Waals surface area contributed by atoms with E-state index in [2.05, 4.69) is 20.6 Å². The van der Waals surface area contributed by atoms with Crippen LogP contribution >= 0.6 is 0 Å². The minimum Gasteiger partial charge on any atom is -0.345 e. The van der Waals surface area contributed by atoms with Crippen LogP contribution in [0.3, 0.4) is 0 Å². The molecule has 0 aliphatic heterocycles. The summed E-state index contributed by atoms with van der Waals surface area (Å²) in [6, 6.07) is 13.1. The van der Waals surface area contributed by atoms with Gasteiger partial charge in [-0.25, -0.2) is 4.98 Å². The maximum absolute atomic E-state index is 12.0. The molecule has 2 aromatic heterocycles. The molecule has 0 saturated heterocycles. The molecule has 0 aliphatic rings. The smallest absolute Gasteiger partial charge is 0.253 e. The Morgan fingerprint density at radius 1 is 0.871 bits per heavy atom. The summed E-state index contributed by atoms with van der Waals surface area (Å²) in [4.78, 5) is 35.9. The second kappa shape index (κ2) is 9.82. The molecule has 0 unspecified atom stereocenters. The lowest BCUT2D eigenvalue weighted by Crippen LogP contribution is -2.27. The highest BCUT2D eigenvalue weighted by Crippen LogP contribution is 2.22. The fraction of sp³-hybridized carbons (Fsp3) is 0.217. The molecule has 2 amide bonds. The Kier molecular flexibility index (Phi) is 6.94. The van der Waals surface area contributed by atoms with Gasteiger partial charge in [-0.3, -0.25) is 14.6 Å². The van der Waals surface area contributed by atoms with Crippen LogP contribution in [0.1, 0.15) is 10.4 Å². The highest BCUT2D eigenvalue weighted by molar-refractivity contribution is 5.94. The topological polar surface area (TPSA) is 90.5 Å². The third-order valence-electron chi connectivity index (χ3n) is 4.39. The first-order valence-electron chi connectivity index (χ1n) is 9.76. The van der Waals surface area contributed by atoms with Gasteiger partial charge in [-0.15, -0.1) is 0 Å². The summed E-state index contributed by atoms with van der Waals surface area (Å²) >= 11 is 0. The zero-order valence-electron chi connectivity index (χ0n) is 18.1. The maximum Gasteiger partial charge on any atom is 0.253 e. The summed E-state index contributed by atoms with van der Waals surface area (Å²) in [6.07, 6.45) is 5.03. The van der Waals surface area contributed by atoms with Crippen molar-refractivity contribution in [2.45, 2.75) is 0 Å². The van der Waals surface area contributed by atoms with Crippen LogP contribution in [0.2, 0.25) is 0 Å². The molecule has 0 aliphatic carbocycles. The average Bonchev–Trinajstić information content (AvgIpc) is 2.73. The quantitative estimate of drug-likeness (QED) is 0.613. The summed E-state index contributed by atoms with van der Waals surface area (Å²) in [7, 11) is 7.13. The molecule has 0 fully saturated rings. The van der Waals surface area contributed by atoms with Crippen molar-refractivity contribution in [3.63, 3.8) is 0 Å². The van der Waals surface area contributed by atoms with Gasteiger partial charge >= 0.3 is 0 Å². The van der Waals surface area contributed by atoms with Crippen LogP contribution in [-0.2, 0) is 4.79 Å². The van der Waals surface area contributed by atoms with Crippen molar-refractivity contribution in [1.29, 1.82) is 0 Å². The monoisotopic (exact) mass is 418 g/mol. The highest BCUT2D eigenvalue weighted by Gasteiger charge is 2.08. The van der Waals surface area contributed by atoms with Crippen LogP contribution in [0.15, 0.2) is 61.1 Å². The summed E-state index contributed by atoms with van der Waals surface area (Å²) < 4.78 is 0. The Labute approximate surface area is 181 Å². The number of hydrogen-bond acceptors (Lipinski definition) is 6. The van der Waals surface area contributed by atoms with E-state index in [0.717, 1.165) is 16.8 Å². The molecule has 0 spiro atoms. The number of nitrogens with one attached hydrogen (secondary N) is 2. The molecule has 0 saturated carbocycles. The molecular weight excluding hydrogens is 392 g/mol. The fourth-order valence-corrected chi connectivity index (χ4v) is 2.91. The Balaban J connectivity index is 1.66. The van der Waals surface area contributed by atoms with Gasteiger partial charge in [0, 0.05) is 31.4 Å². The Hall–Kier alpha value is -3.78. The van der Waals surface area contributed by atoms with Crippen LogP contribution in [0, 0.1) is 0 Å². The summed E-state index contributed by atoms with van der Waals surface area (Å²) in [5, 5.41) is 6.01. The molecule has 2 N–H and O–H groups in total. The number of carbonyl (C=O) groups excluding carboxylic acids is 2. The lowest BCUT2D eigenvalue weighted by Gasteiger charge is -2.12. The standard InChI is InChI=1S/C23H26N6O2/c1-28(2)15-22(30)27-20-11-19(13-24-14-20)26-21-10-9-18(12-25-21)16-5-7-17(8-6-16)23(31)29(3)4/h5-14H,15H2,1-4H3,(H,25,26)(H,27,30). The maximum atomic E-state index is 12.0. The Morgan fingerprint density at radius 2 is 1.55 bits per heavy atom. The molecule has 8 nitrogen and oxygen atoms in total. The van der Waals surface area contributed by atoms with Gasteiger partial charge in [0.15, 0.2) is 0 Å². The number of rotatable bonds is 7. The average molecular weight is 419 g/mol. The van der Waals surface area contributed by atoms with E-state index in [1.165, 1.54) is 0 Å². The van der Waals surface area contributed by atoms with Crippen LogP contribution in [-0.4, -0.2) is 66.3 Å². The summed E-state index contributed by atoms with van der Waals surface area (Å²) in [5.74, 6) is 0.518. The predicted molar refractivity (Wildman–Crippen MR) is 122 cm³/mol. The van der Waals surface area contributed by atoms with Gasteiger partial charge in [0.25, 0.3) is 5.91 Å². The lowest BCUT2D eigenvalue weighted by molar-refractivity contribution is -0.116. The van der Waals surface area contributed by atoms with E-state index in [4.69, 9.17) is 0 Å². The lowest BCUT2D eigenvalue weighted by atomic mass is 10.1. The predicted octanol–water partition coefficient (Wildman–Crippen LogP) is 3.09. The van der Waals surface area contributed by atoms with E-state index in [9.17, 15) is 9.59 Å². The van der Waals surface area contributed by atoms with E-state index >= 15 is 0 Å². The molecule has 160 valence electrons. The summed E-state index contributed by atoms with van der Waals surface area (Å²) in [5.41, 5.74) is 3.89. The van der Waals surface area contributed by atoms with E-state index in [1.807, 2.05) is 50.5 Å². The van der Waals surface area contributed by atoms with Gasteiger partial charge in [-0.1, -0.05) is 12.1 Å². The number of benzene rings is 1. The Bertz CT molecular complexity index is 1050. The summed E-state index contributed by atoms with van der Waals surface area (Å²) in [6.45, 7) is 0.297. The van der Waals surface area contributed by atoms with Crippen molar-refractivity contribution < 1.29 is 9.59 Å². The van der Waals surface area contributed by atoms with Gasteiger partial charge in [0.2, 0.25) is 5.91 Å². The molecule has 0 bridgehead atoms. The number of amides is 2. The van der Waals surface area contributed by atoms with Gasteiger partial charge in [0.1, 0.15) is 5.82 Å². The van der Waals surface area contributed by atoms with Gasteiger partial charge < -0.3 is 20.4 Å². The minimum atomic E-state index is -0.107. The van der Waals surface area contributed by atoms with E-state index in [0.29, 0.717) is 23.6 Å². The van der Waals surface area contributed by atoms with Crippen molar-refractivity contribution in [2.24, 2.45) is 0 Å². The number of nitrogens with zero attached hydrogens (tertiary/aromatic N) is 4. The molecule has 8 heteroatoms. The van der Waals surface area contributed by atoms with Crippen LogP contribution in [0.5, 0.6) is 0 Å². The molecule has 31 heavy (non-hydrogen) atoms. The number of anilines is 3. The van der Waals surface area contributed by atoms with Crippen molar-refractivity contribution in [1.82, 2.24) is 19.8 Å². The first kappa shape index (κ1) is 21.9. The van der Waals surface area contributed by atoms with Gasteiger partial charge in [-0.2, -0.15) is 0 Å². The van der Waals surface area contributed by atoms with Gasteiger partial charge in [0.05, 0.1) is 30.3 Å². The molecule has 3 aromatic rings. The van der Waals surface area contributed by atoms with Gasteiger partial charge in [-0.05, 0) is 50.0 Å². The molecule has 2 heterocycles. The van der Waals surface area contributed by atoms with E-state index < -0.39 is 0 Å². The first-order valence-corrected chi connectivity index (χ1v) is 9.76.